The molecule has 9 aromatic rings. The van der Waals surface area contributed by atoms with Crippen LogP contribution >= 0.6 is 0 Å². The maximum absolute atomic E-state index is 13.8. The Hall–Kier alpha value is -15.3. The van der Waals surface area contributed by atoms with E-state index in [0.29, 0.717) is 184 Å². The molecule has 3 aromatic heterocycles. The molecule has 4 saturated heterocycles. The van der Waals surface area contributed by atoms with E-state index in [1.807, 2.05) is 111 Å². The zero-order chi connectivity index (χ0) is 101. The predicted molar refractivity (Wildman–Crippen MR) is 548 cm³/mol. The van der Waals surface area contributed by atoms with Crippen molar-refractivity contribution in [3.8, 4) is 34.2 Å². The topological polar surface area (TPSA) is 404 Å². The number of methoxy groups -OCH3 is 3. The molecule has 6 fully saturated rings. The highest BCUT2D eigenvalue weighted by atomic mass is 16.5. The van der Waals surface area contributed by atoms with Gasteiger partial charge in [-0.1, -0.05) is 78.9 Å². The van der Waals surface area contributed by atoms with Gasteiger partial charge in [0.1, 0.15) is 22.7 Å². The van der Waals surface area contributed by atoms with Crippen LogP contribution in [0.2, 0.25) is 0 Å². The highest BCUT2D eigenvalue weighted by Crippen LogP contribution is 2.48. The Balaban J connectivity index is 0.000000133. The first kappa shape index (κ1) is 98.1. The van der Waals surface area contributed by atoms with Gasteiger partial charge in [-0.3, -0.25) is 54.2 Å². The molecule has 22 rings (SSSR count). The Labute approximate surface area is 845 Å². The van der Waals surface area contributed by atoms with Gasteiger partial charge in [0.2, 0.25) is 23.6 Å². The number of nitrogens with zero attached hydrogens (tertiary/aromatic N) is 20. The molecule has 0 spiro atoms. The van der Waals surface area contributed by atoms with Crippen LogP contribution in [0.5, 0.6) is 0 Å². The molecule has 0 radical (unpaired) electrons. The van der Waals surface area contributed by atoms with Crippen molar-refractivity contribution in [1.29, 1.82) is 0 Å². The summed E-state index contributed by atoms with van der Waals surface area (Å²) in [6.45, 7) is 8.63. The zero-order valence-electron chi connectivity index (χ0n) is 81.8. The van der Waals surface area contributed by atoms with Gasteiger partial charge in [-0.05, 0) is 240 Å². The van der Waals surface area contributed by atoms with Crippen molar-refractivity contribution < 1.29 is 58.6 Å². The molecule has 2 aliphatic carbocycles. The minimum absolute atomic E-state index is 0.0505. The lowest BCUT2D eigenvalue weighted by Gasteiger charge is -2.33. The summed E-state index contributed by atoms with van der Waals surface area (Å²) >= 11 is 0. The van der Waals surface area contributed by atoms with Crippen LogP contribution in [0.1, 0.15) is 136 Å². The van der Waals surface area contributed by atoms with Gasteiger partial charge >= 0.3 is 0 Å². The van der Waals surface area contributed by atoms with Crippen molar-refractivity contribution in [2.24, 2.45) is 47.9 Å². The predicted octanol–water partition coefficient (Wildman–Crippen LogP) is 18.2. The molecule has 746 valence electrons. The van der Waals surface area contributed by atoms with E-state index in [1.54, 1.807) is 108 Å². The smallest absolute Gasteiger partial charge is 0.258 e. The maximum atomic E-state index is 13.8. The normalized spacial score (nSPS) is 22.6. The number of hydrogen-bond donors (Lipinski definition) is 6. The number of anilines is 3. The third kappa shape index (κ3) is 21.7. The van der Waals surface area contributed by atoms with Crippen LogP contribution in [0, 0.1) is 17.3 Å². The Kier molecular flexibility index (Phi) is 29.1. The largest absolute Gasteiger partial charge is 0.384 e. The van der Waals surface area contributed by atoms with Gasteiger partial charge in [-0.15, -0.1) is 30.7 Å². The molecule has 0 bridgehead atoms. The van der Waals surface area contributed by atoms with Gasteiger partial charge in [-0.25, -0.2) is 45.1 Å². The lowest BCUT2D eigenvalue weighted by Crippen LogP contribution is -2.48. The molecule has 1 unspecified atom stereocenters. The molecule has 4 atom stereocenters. The van der Waals surface area contributed by atoms with E-state index in [1.165, 1.54) is 34.2 Å². The number of carbonyl (C=O) groups is 6. The molecule has 14 heterocycles. The number of hydroxylamine groups is 6. The Morgan fingerprint density at radius 1 is 0.425 bits per heavy atom. The molecule has 13 aliphatic rings. The van der Waals surface area contributed by atoms with Crippen LogP contribution in [-0.4, -0.2) is 238 Å². The lowest BCUT2D eigenvalue weighted by atomic mass is 9.86. The second-order valence-electron chi connectivity index (χ2n) is 39.0. The van der Waals surface area contributed by atoms with Crippen molar-refractivity contribution in [2.75, 3.05) is 122 Å². The number of rotatable bonds is 23. The van der Waals surface area contributed by atoms with E-state index in [9.17, 15) is 44.4 Å². The number of amides is 6. The van der Waals surface area contributed by atoms with Gasteiger partial charge in [0, 0.05) is 233 Å². The number of ether oxygens (including phenoxy) is 3. The number of fused-ring (bicyclic) bond motifs is 3. The van der Waals surface area contributed by atoms with Crippen LogP contribution in [0.15, 0.2) is 309 Å². The highest BCUT2D eigenvalue weighted by molar-refractivity contribution is 6.01. The first-order chi connectivity index (χ1) is 71.1. The molecule has 11 aliphatic heterocycles. The first-order valence-corrected chi connectivity index (χ1v) is 49.7. The van der Waals surface area contributed by atoms with Crippen molar-refractivity contribution in [3.63, 3.8) is 0 Å². The van der Waals surface area contributed by atoms with E-state index in [2.05, 4.69) is 148 Å². The van der Waals surface area contributed by atoms with Crippen LogP contribution in [-0.2, 0) is 43.0 Å². The summed E-state index contributed by atoms with van der Waals surface area (Å²) in [7, 11) is 4.73. The van der Waals surface area contributed by atoms with Crippen molar-refractivity contribution in [2.45, 2.75) is 113 Å². The number of likely N-dealkylation sites (tertiary alicyclic amines) is 4. The molecule has 35 nitrogen and oxygen atoms in total. The van der Waals surface area contributed by atoms with Gasteiger partial charge in [0.05, 0.1) is 42.2 Å². The second-order valence-corrected chi connectivity index (χ2v) is 39.0. The fraction of sp³-hybridized carbons (Fsp3) is 0.333. The number of carbonyl (C=O) groups excluding carboxylic acids is 6. The standard InChI is InChI=1S/C38H40N8O4.C37H37N7O4.C36H38N8O4/c1-50-38(37(48)41-30-9-10-32-31(22-30)35(43-42-32)29-13-19-46(49)33(21-29)27-5-6-27)14-20-44(24-38)23-34(47)45-17-11-26(12-18-45)25-3-7-28(8-4-25)36-39-15-2-16-40-36;1-24-20-29(13-19-44(24)47)34-31-22-30(8-9-32(31)41-42-34)40-36(46)37(48-2)14-10-25(23-37)21-33(45)43-17-11-27(12-18-43)26-4-6-28(7-5-26)35-38-15-3-16-39-35;1-48-24-36(35(46)39-29-7-8-31-30(21-29)33(41-40-31)27-11-18-44(47)19-12-27)13-20-42(23-36)22-32(45)43-16-9-26(10-17-43)25-3-5-28(6-4-25)34-37-14-2-15-38-34/h2-4,7-10,13,15-16,19,21-22,26-27,49H,5-6,11-12,14,17-18,20,23-24H2,1H3,(H,41,48);3-9,11,13,15-16,19-20,22,25,47H,10,12,14,17-18,21,23H2,1-2H3,(H,40,46);2-8,11-12,14-15,18-19,21,26,47H,9-10,13,16-17,20,22-24H2,1H3,(H,39,46)/t38-;25?,37-;36-/m001/s1. The third-order valence-corrected chi connectivity index (χ3v) is 29.8. The van der Waals surface area contributed by atoms with E-state index < -0.39 is 16.6 Å². The number of allylic oxidation sites excluding steroid dienone is 11. The molecule has 2 saturated carbocycles. The maximum Gasteiger partial charge on any atom is 0.258 e. The van der Waals surface area contributed by atoms with Gasteiger partial charge < -0.3 is 44.9 Å². The summed E-state index contributed by atoms with van der Waals surface area (Å²) in [5.74, 6) is 3.02. The van der Waals surface area contributed by atoms with E-state index in [-0.39, 0.29) is 61.1 Å². The number of azo groups is 3. The number of hydrogen-bond acceptors (Lipinski definition) is 29. The summed E-state index contributed by atoms with van der Waals surface area (Å²) in [6.07, 6.45) is 39.5. The Bertz CT molecular complexity index is 6890. The van der Waals surface area contributed by atoms with Crippen molar-refractivity contribution in [1.82, 2.24) is 69.6 Å². The summed E-state index contributed by atoms with van der Waals surface area (Å²) < 4.78 is 17.3. The molecular weight excluding hydrogens is 1850 g/mol. The number of aromatic nitrogens is 6. The number of nitrogens with one attached hydrogen (secondary N) is 3. The van der Waals surface area contributed by atoms with Crippen LogP contribution in [0.25, 0.3) is 56.8 Å². The van der Waals surface area contributed by atoms with E-state index in [0.717, 1.165) is 129 Å². The average molecular weight is 1960 g/mol. The monoisotopic (exact) mass is 1960 g/mol. The fourth-order valence-corrected chi connectivity index (χ4v) is 21.2. The van der Waals surface area contributed by atoms with Crippen LogP contribution in [0.4, 0.5) is 34.1 Å². The third-order valence-electron chi connectivity index (χ3n) is 29.8. The van der Waals surface area contributed by atoms with Gasteiger partial charge in [-0.2, -0.15) is 0 Å². The minimum atomic E-state index is -1.07. The molecule has 6 N–H and O–H groups in total. The van der Waals surface area contributed by atoms with Crippen LogP contribution < -0.4 is 16.0 Å². The Morgan fingerprint density at radius 3 is 1.34 bits per heavy atom. The van der Waals surface area contributed by atoms with Crippen molar-refractivity contribution >= 4 is 92.2 Å². The second kappa shape index (κ2) is 43.3. The first-order valence-electron chi connectivity index (χ1n) is 49.7. The van der Waals surface area contributed by atoms with Crippen molar-refractivity contribution in [3.05, 3.63) is 312 Å². The fourth-order valence-electron chi connectivity index (χ4n) is 21.2. The van der Waals surface area contributed by atoms with Crippen LogP contribution in [0.3, 0.4) is 0 Å². The van der Waals surface area contributed by atoms with E-state index in [4.69, 9.17) is 14.2 Å². The quantitative estimate of drug-likeness (QED) is 0.0346. The summed E-state index contributed by atoms with van der Waals surface area (Å²) in [6, 6.07) is 47.1. The van der Waals surface area contributed by atoms with Gasteiger partial charge in [0.25, 0.3) is 11.8 Å². The summed E-state index contributed by atoms with van der Waals surface area (Å²) in [4.78, 5) is 117. The number of benzene rings is 6. The molecule has 146 heavy (non-hydrogen) atoms. The minimum Gasteiger partial charge on any atom is -0.384 e. The van der Waals surface area contributed by atoms with Gasteiger partial charge in [0.15, 0.2) is 23.1 Å². The lowest BCUT2D eigenvalue weighted by molar-refractivity contribution is -0.138. The molecule has 6 aromatic carbocycles. The molecular formula is C111H115N23O12. The molecule has 6 amide bonds. The summed E-state index contributed by atoms with van der Waals surface area (Å²) in [5.41, 5.74) is 17.4. The number of piperidine rings is 2. The highest BCUT2D eigenvalue weighted by Gasteiger charge is 2.50. The SMILES string of the molecule is COC[C@@]1(C(=O)Nc2ccc3c(c2)C(=C2C=CN(O)C=C2)N=N3)CCN(CC(=O)N2CCC(c3ccc(-c4ncccn4)cc3)CC2)C1.CO[C@@]1(C(=O)Nc2ccc3c(c2)C(=C2C=CN(O)C(C)=C2)N=N3)CCC(CC(=O)N2CC=C(c3ccc(-c4ncccn4)cc3)CC2)C1.CO[C@@]1(C(=O)Nc2ccc3c(c2)C(=C2C=CN(O)C(C4CC4)=C2)N=N3)CCN(CC(=O)N2CCC(c3ccc(-c4ncccn4)cc3)CC2)C1. The van der Waals surface area contributed by atoms with E-state index >= 15 is 0 Å². The summed E-state index contributed by atoms with van der Waals surface area (Å²) in [5, 5.41) is 68.1. The molecule has 35 heteroatoms. The zero-order valence-corrected chi connectivity index (χ0v) is 81.8. The average Bonchev–Trinajstić information content (AvgIpc) is 1.63. The Morgan fingerprint density at radius 2 is 0.870 bits per heavy atom.